The summed E-state index contributed by atoms with van der Waals surface area (Å²) in [6.07, 6.45) is 2.44. The molecular weight excluding hydrogens is 531 g/mol. The molecule has 7 nitrogen and oxygen atoms in total. The second-order valence-electron chi connectivity index (χ2n) is 7.37. The summed E-state index contributed by atoms with van der Waals surface area (Å²) in [5, 5.41) is 9.48. The zero-order valence-electron chi connectivity index (χ0n) is 19.2. The smallest absolute Gasteiger partial charge is 0.251 e. The van der Waals surface area contributed by atoms with E-state index in [0.29, 0.717) is 24.6 Å². The first kappa shape index (κ1) is 26.2. The highest BCUT2D eigenvalue weighted by Gasteiger charge is 2.08. The van der Waals surface area contributed by atoms with Crippen molar-refractivity contribution in [3.05, 3.63) is 88.9 Å². The van der Waals surface area contributed by atoms with Crippen LogP contribution in [0.1, 0.15) is 32.8 Å². The number of amides is 1. The Kier molecular flexibility index (Phi) is 10.8. The van der Waals surface area contributed by atoms with Crippen molar-refractivity contribution in [3.8, 4) is 5.75 Å². The number of benzene rings is 2. The highest BCUT2D eigenvalue weighted by atomic mass is 127. The van der Waals surface area contributed by atoms with Crippen molar-refractivity contribution in [3.63, 3.8) is 0 Å². The first-order valence-electron chi connectivity index (χ1n) is 10.6. The van der Waals surface area contributed by atoms with Gasteiger partial charge in [0.25, 0.3) is 5.91 Å². The Morgan fingerprint density at radius 1 is 1.00 bits per heavy atom. The fourth-order valence-electron chi connectivity index (χ4n) is 3.26. The molecule has 1 aromatic heterocycles. The molecule has 0 aliphatic carbocycles. The van der Waals surface area contributed by atoms with E-state index in [1.165, 1.54) is 5.56 Å². The molecule has 0 spiro atoms. The van der Waals surface area contributed by atoms with Crippen LogP contribution in [0.4, 0.5) is 0 Å². The second kappa shape index (κ2) is 13.5. The third-order valence-corrected chi connectivity index (χ3v) is 5.05. The van der Waals surface area contributed by atoms with Crippen LogP contribution in [0.2, 0.25) is 0 Å². The number of halogens is 1. The molecule has 1 heterocycles. The van der Waals surface area contributed by atoms with E-state index >= 15 is 0 Å². The van der Waals surface area contributed by atoms with Gasteiger partial charge in [-0.15, -0.1) is 24.0 Å². The summed E-state index contributed by atoms with van der Waals surface area (Å²) in [5.41, 5.74) is 3.91. The van der Waals surface area contributed by atoms with E-state index in [2.05, 4.69) is 39.1 Å². The number of ether oxygens (including phenoxy) is 1. The summed E-state index contributed by atoms with van der Waals surface area (Å²) in [4.78, 5) is 16.7. The van der Waals surface area contributed by atoms with Gasteiger partial charge in [-0.1, -0.05) is 24.3 Å². The Balaban J connectivity index is 0.00000385. The monoisotopic (exact) mass is 562 g/mol. The maximum atomic E-state index is 12.4. The van der Waals surface area contributed by atoms with E-state index in [9.17, 15) is 4.79 Å². The second-order valence-corrected chi connectivity index (χ2v) is 7.37. The zero-order valence-corrected chi connectivity index (χ0v) is 21.5. The van der Waals surface area contributed by atoms with Gasteiger partial charge in [-0.2, -0.15) is 0 Å². The van der Waals surface area contributed by atoms with Crippen LogP contribution in [0.5, 0.6) is 5.75 Å². The van der Waals surface area contributed by atoms with E-state index in [1.807, 2.05) is 31.2 Å². The molecule has 0 saturated heterocycles. The molecule has 0 aliphatic rings. The number of aliphatic imine (C=N–C) groups is 1. The maximum Gasteiger partial charge on any atom is 0.251 e. The molecule has 3 rings (SSSR count). The van der Waals surface area contributed by atoms with Gasteiger partial charge in [0.15, 0.2) is 5.96 Å². The van der Waals surface area contributed by atoms with Gasteiger partial charge in [0.2, 0.25) is 0 Å². The van der Waals surface area contributed by atoms with Crippen LogP contribution >= 0.6 is 24.0 Å². The molecule has 0 bridgehead atoms. The van der Waals surface area contributed by atoms with E-state index < -0.39 is 0 Å². The standard InChI is InChI=1S/C25H30N4O3.HI/c1-18-9-10-19(15-23(18)31-3)11-12-27-25(26-2)29-16-20-6-4-7-21(14-20)24(30)28-17-22-8-5-13-32-22;/h4-10,13-15H,11-12,16-17H2,1-3H3,(H,28,30)(H2,26,27,29);1H. The predicted molar refractivity (Wildman–Crippen MR) is 141 cm³/mol. The van der Waals surface area contributed by atoms with Crippen molar-refractivity contribution in [2.24, 2.45) is 4.99 Å². The number of guanidine groups is 1. The van der Waals surface area contributed by atoms with Crippen LogP contribution in [-0.2, 0) is 19.5 Å². The van der Waals surface area contributed by atoms with Gasteiger partial charge in [-0.25, -0.2) is 0 Å². The molecular formula is C25H31IN4O3. The summed E-state index contributed by atoms with van der Waals surface area (Å²) < 4.78 is 10.6. The van der Waals surface area contributed by atoms with Crippen LogP contribution in [0.3, 0.4) is 0 Å². The minimum atomic E-state index is -0.140. The number of methoxy groups -OCH3 is 1. The minimum absolute atomic E-state index is 0. The topological polar surface area (TPSA) is 87.9 Å². The van der Waals surface area contributed by atoms with Crippen molar-refractivity contribution in [1.82, 2.24) is 16.0 Å². The summed E-state index contributed by atoms with van der Waals surface area (Å²) in [5.74, 6) is 2.18. The number of carbonyl (C=O) groups is 1. The lowest BCUT2D eigenvalue weighted by Crippen LogP contribution is -2.37. The lowest BCUT2D eigenvalue weighted by atomic mass is 10.1. The normalized spacial score (nSPS) is 10.8. The van der Waals surface area contributed by atoms with Crippen LogP contribution in [-0.4, -0.2) is 32.6 Å². The van der Waals surface area contributed by atoms with E-state index in [4.69, 9.17) is 9.15 Å². The minimum Gasteiger partial charge on any atom is -0.496 e. The van der Waals surface area contributed by atoms with Gasteiger partial charge in [0.05, 0.1) is 19.9 Å². The fourth-order valence-corrected chi connectivity index (χ4v) is 3.26. The van der Waals surface area contributed by atoms with Crippen molar-refractivity contribution < 1.29 is 13.9 Å². The lowest BCUT2D eigenvalue weighted by Gasteiger charge is -2.13. The summed E-state index contributed by atoms with van der Waals surface area (Å²) in [7, 11) is 3.43. The number of nitrogens with one attached hydrogen (secondary N) is 3. The molecule has 1 amide bonds. The molecule has 2 aromatic carbocycles. The van der Waals surface area contributed by atoms with Crippen LogP contribution in [0, 0.1) is 6.92 Å². The number of carbonyl (C=O) groups excluding carboxylic acids is 1. The highest BCUT2D eigenvalue weighted by molar-refractivity contribution is 14.0. The maximum absolute atomic E-state index is 12.4. The Bertz CT molecular complexity index is 1050. The summed E-state index contributed by atoms with van der Waals surface area (Å²) in [6, 6.07) is 17.4. The Morgan fingerprint density at radius 3 is 2.58 bits per heavy atom. The molecule has 0 saturated carbocycles. The van der Waals surface area contributed by atoms with E-state index in [1.54, 1.807) is 32.6 Å². The predicted octanol–water partition coefficient (Wildman–Crippen LogP) is 4.05. The van der Waals surface area contributed by atoms with Crippen molar-refractivity contribution in [1.29, 1.82) is 0 Å². The van der Waals surface area contributed by atoms with Crippen LogP contribution in [0.15, 0.2) is 70.3 Å². The zero-order chi connectivity index (χ0) is 22.8. The van der Waals surface area contributed by atoms with Gasteiger partial charge >= 0.3 is 0 Å². The Morgan fingerprint density at radius 2 is 1.85 bits per heavy atom. The number of furan rings is 1. The number of rotatable bonds is 9. The summed E-state index contributed by atoms with van der Waals surface area (Å²) >= 11 is 0. The average Bonchev–Trinajstić information content (AvgIpc) is 3.34. The number of aryl methyl sites for hydroxylation is 1. The number of nitrogens with zero attached hydrogens (tertiary/aromatic N) is 1. The quantitative estimate of drug-likeness (QED) is 0.208. The molecule has 0 aliphatic heterocycles. The molecule has 33 heavy (non-hydrogen) atoms. The van der Waals surface area contributed by atoms with Gasteiger partial charge in [0.1, 0.15) is 11.5 Å². The van der Waals surface area contributed by atoms with E-state index in [0.717, 1.165) is 35.6 Å². The van der Waals surface area contributed by atoms with Gasteiger partial charge in [-0.3, -0.25) is 9.79 Å². The largest absolute Gasteiger partial charge is 0.496 e. The average molecular weight is 562 g/mol. The molecule has 0 unspecified atom stereocenters. The number of hydrogen-bond acceptors (Lipinski definition) is 4. The number of hydrogen-bond donors (Lipinski definition) is 3. The Labute approximate surface area is 212 Å². The third kappa shape index (κ3) is 8.12. The Hall–Kier alpha value is -3.01. The van der Waals surface area contributed by atoms with E-state index in [-0.39, 0.29) is 29.9 Å². The third-order valence-electron chi connectivity index (χ3n) is 5.05. The molecule has 3 aromatic rings. The van der Waals surface area contributed by atoms with Crippen LogP contribution < -0.4 is 20.7 Å². The summed E-state index contributed by atoms with van der Waals surface area (Å²) in [6.45, 7) is 3.68. The molecule has 0 atom stereocenters. The fraction of sp³-hybridized carbons (Fsp3) is 0.280. The SMILES string of the molecule is CN=C(NCCc1ccc(C)c(OC)c1)NCc1cccc(C(=O)NCc2ccco2)c1.I. The molecule has 176 valence electrons. The lowest BCUT2D eigenvalue weighted by molar-refractivity contribution is 0.0948. The van der Waals surface area contributed by atoms with Crippen molar-refractivity contribution in [2.45, 2.75) is 26.4 Å². The first-order valence-corrected chi connectivity index (χ1v) is 10.6. The van der Waals surface area contributed by atoms with Crippen LogP contribution in [0.25, 0.3) is 0 Å². The molecule has 8 heteroatoms. The van der Waals surface area contributed by atoms with Crippen molar-refractivity contribution >= 4 is 35.8 Å². The van der Waals surface area contributed by atoms with Crippen molar-refractivity contribution in [2.75, 3.05) is 20.7 Å². The van der Waals surface area contributed by atoms with Gasteiger partial charge < -0.3 is 25.1 Å². The first-order chi connectivity index (χ1) is 15.6. The van der Waals surface area contributed by atoms with Gasteiger partial charge in [0, 0.05) is 25.7 Å². The molecule has 0 fully saturated rings. The highest BCUT2D eigenvalue weighted by Crippen LogP contribution is 2.19. The molecule has 3 N–H and O–H groups in total. The molecule has 0 radical (unpaired) electrons. The van der Waals surface area contributed by atoms with Gasteiger partial charge in [-0.05, 0) is 60.4 Å².